The Labute approximate surface area is 108 Å². The Morgan fingerprint density at radius 2 is 2.24 bits per heavy atom. The molecule has 0 aromatic heterocycles. The van der Waals surface area contributed by atoms with E-state index in [0.29, 0.717) is 18.6 Å². The normalized spacial score (nSPS) is 22.1. The molecule has 0 bridgehead atoms. The minimum Gasteiger partial charge on any atom is -0.369 e. The van der Waals surface area contributed by atoms with E-state index < -0.39 is 5.00 Å². The number of nitrogens with one attached hydrogen (secondary N) is 1. The number of rotatable bonds is 7. The third-order valence-corrected chi connectivity index (χ3v) is 3.23. The molecule has 1 aliphatic heterocycles. The van der Waals surface area contributed by atoms with Crippen molar-refractivity contribution in [3.8, 4) is 0 Å². The lowest BCUT2D eigenvalue weighted by atomic mass is 10.1. The van der Waals surface area contributed by atoms with Crippen LogP contribution in [0.25, 0.3) is 0 Å². The predicted octanol–water partition coefficient (Wildman–Crippen LogP) is 1.35. The van der Waals surface area contributed by atoms with Crippen molar-refractivity contribution in [3.63, 3.8) is 0 Å². The molecule has 0 aliphatic carbocycles. The van der Waals surface area contributed by atoms with Crippen LogP contribution in [-0.4, -0.2) is 49.2 Å². The molecule has 2 atom stereocenters. The molecule has 1 aliphatic rings. The van der Waals surface area contributed by atoms with E-state index >= 15 is 0 Å². The molecule has 98 valence electrons. The Balaban J connectivity index is 2.50. The first kappa shape index (κ1) is 14.5. The molecule has 0 aromatic rings. The molecular formula is C12H21ClN2O2. The van der Waals surface area contributed by atoms with Gasteiger partial charge in [0.25, 0.3) is 0 Å². The first-order valence-electron chi connectivity index (χ1n) is 5.78. The van der Waals surface area contributed by atoms with Crippen LogP contribution in [0.3, 0.4) is 0 Å². The van der Waals surface area contributed by atoms with Gasteiger partial charge in [-0.1, -0.05) is 18.2 Å². The summed E-state index contributed by atoms with van der Waals surface area (Å²) in [6.07, 6.45) is 1.53. The van der Waals surface area contributed by atoms with Gasteiger partial charge in [0, 0.05) is 5.57 Å². The van der Waals surface area contributed by atoms with Gasteiger partial charge in [-0.2, -0.15) is 0 Å². The Kier molecular flexibility index (Phi) is 4.98. The molecule has 1 fully saturated rings. The van der Waals surface area contributed by atoms with Crippen molar-refractivity contribution in [1.82, 2.24) is 10.2 Å². The minimum atomic E-state index is -0.786. The lowest BCUT2D eigenvalue weighted by Crippen LogP contribution is -2.48. The Morgan fingerprint density at radius 1 is 1.65 bits per heavy atom. The number of amides is 1. The number of nitrogens with zero attached hydrogens (tertiary/aromatic N) is 1. The van der Waals surface area contributed by atoms with Gasteiger partial charge < -0.3 is 15.0 Å². The molecule has 4 nitrogen and oxygen atoms in total. The second-order valence-electron chi connectivity index (χ2n) is 4.83. The lowest BCUT2D eigenvalue weighted by molar-refractivity contribution is -0.118. The van der Waals surface area contributed by atoms with Crippen LogP contribution in [0.15, 0.2) is 12.2 Å². The van der Waals surface area contributed by atoms with Crippen LogP contribution in [0.1, 0.15) is 19.8 Å². The van der Waals surface area contributed by atoms with Gasteiger partial charge in [-0.05, 0) is 40.4 Å². The van der Waals surface area contributed by atoms with Crippen LogP contribution in [0, 0.1) is 0 Å². The maximum Gasteiger partial charge on any atom is 0.247 e. The highest BCUT2D eigenvalue weighted by Crippen LogP contribution is 2.33. The fourth-order valence-corrected chi connectivity index (χ4v) is 1.91. The Morgan fingerprint density at radius 3 is 2.65 bits per heavy atom. The molecule has 1 N–H and O–H groups in total. The lowest BCUT2D eigenvalue weighted by Gasteiger charge is -2.27. The Hall–Kier alpha value is -0.580. The number of carbonyl (C=O) groups excluding carboxylic acids is 1. The van der Waals surface area contributed by atoms with Gasteiger partial charge in [-0.15, -0.1) is 0 Å². The molecule has 0 spiro atoms. The summed E-state index contributed by atoms with van der Waals surface area (Å²) in [6, 6.07) is 0. The fraction of sp³-hybridized carbons (Fsp3) is 0.750. The monoisotopic (exact) mass is 260 g/mol. The summed E-state index contributed by atoms with van der Waals surface area (Å²) in [5.74, 6) is -0.208. The molecule has 1 rings (SSSR count). The average Bonchev–Trinajstić information content (AvgIpc) is 2.99. The van der Waals surface area contributed by atoms with Crippen LogP contribution in [0.2, 0.25) is 0 Å². The van der Waals surface area contributed by atoms with Crippen molar-refractivity contribution in [3.05, 3.63) is 12.2 Å². The highest BCUT2D eigenvalue weighted by atomic mass is 35.5. The van der Waals surface area contributed by atoms with Gasteiger partial charge in [0.05, 0.1) is 6.61 Å². The molecule has 1 amide bonds. The number of carbonyl (C=O) groups is 1. The van der Waals surface area contributed by atoms with Crippen molar-refractivity contribution in [2.24, 2.45) is 0 Å². The summed E-state index contributed by atoms with van der Waals surface area (Å²) in [4.78, 5) is 12.9. The van der Waals surface area contributed by atoms with E-state index in [0.717, 1.165) is 13.0 Å². The summed E-state index contributed by atoms with van der Waals surface area (Å²) in [6.45, 7) is 6.82. The summed E-state index contributed by atoms with van der Waals surface area (Å²) in [5.41, 5.74) is 0.461. The van der Waals surface area contributed by atoms with Crippen molar-refractivity contribution < 1.29 is 9.53 Å². The van der Waals surface area contributed by atoms with E-state index in [9.17, 15) is 4.79 Å². The van der Waals surface area contributed by atoms with E-state index in [4.69, 9.17) is 16.3 Å². The average molecular weight is 261 g/mol. The van der Waals surface area contributed by atoms with Crippen molar-refractivity contribution >= 4 is 17.5 Å². The van der Waals surface area contributed by atoms with E-state index in [1.54, 1.807) is 6.92 Å². The van der Waals surface area contributed by atoms with E-state index in [1.165, 1.54) is 0 Å². The molecule has 0 radical (unpaired) electrons. The Bertz CT molecular complexity index is 303. The minimum absolute atomic E-state index is 0.0744. The molecule has 17 heavy (non-hydrogen) atoms. The first-order valence-corrected chi connectivity index (χ1v) is 6.16. The molecule has 1 saturated heterocycles. The molecule has 2 unspecified atom stereocenters. The third-order valence-electron chi connectivity index (χ3n) is 2.70. The van der Waals surface area contributed by atoms with Gasteiger partial charge in [-0.25, -0.2) is 0 Å². The first-order chi connectivity index (χ1) is 7.85. The quantitative estimate of drug-likeness (QED) is 0.325. The van der Waals surface area contributed by atoms with Gasteiger partial charge in [0.15, 0.2) is 0 Å². The zero-order chi connectivity index (χ0) is 13.1. The van der Waals surface area contributed by atoms with Gasteiger partial charge >= 0.3 is 0 Å². The van der Waals surface area contributed by atoms with E-state index in [-0.39, 0.29) is 12.0 Å². The SMILES string of the molecule is C=C(C)C(=O)NC(Cl)(CCCN(C)C)C1CO1. The smallest absolute Gasteiger partial charge is 0.247 e. The van der Waals surface area contributed by atoms with Gasteiger partial charge in [0.2, 0.25) is 5.91 Å². The second kappa shape index (κ2) is 5.85. The number of halogens is 1. The highest BCUT2D eigenvalue weighted by molar-refractivity contribution is 6.25. The zero-order valence-electron chi connectivity index (χ0n) is 10.8. The van der Waals surface area contributed by atoms with Crippen LogP contribution >= 0.6 is 11.6 Å². The van der Waals surface area contributed by atoms with Crippen LogP contribution in [0.4, 0.5) is 0 Å². The maximum atomic E-state index is 11.6. The topological polar surface area (TPSA) is 44.9 Å². The molecule has 0 aromatic carbocycles. The summed E-state index contributed by atoms with van der Waals surface area (Å²) in [5, 5.41) is 2.81. The number of hydrogen-bond donors (Lipinski definition) is 1. The van der Waals surface area contributed by atoms with Crippen LogP contribution < -0.4 is 5.32 Å². The number of epoxide rings is 1. The summed E-state index contributed by atoms with van der Waals surface area (Å²) < 4.78 is 5.22. The highest BCUT2D eigenvalue weighted by Gasteiger charge is 2.46. The van der Waals surface area contributed by atoms with Crippen LogP contribution in [0.5, 0.6) is 0 Å². The fourth-order valence-electron chi connectivity index (χ4n) is 1.56. The predicted molar refractivity (Wildman–Crippen MR) is 69.1 cm³/mol. The third kappa shape index (κ3) is 4.66. The van der Waals surface area contributed by atoms with Crippen molar-refractivity contribution in [1.29, 1.82) is 0 Å². The standard InChI is InChI=1S/C12H21ClN2O2/c1-9(2)11(16)14-12(13,10-8-17-10)6-5-7-15(3)4/h10H,1,5-8H2,2-4H3,(H,14,16). The molecule has 1 heterocycles. The maximum absolute atomic E-state index is 11.6. The van der Waals surface area contributed by atoms with Crippen molar-refractivity contribution in [2.75, 3.05) is 27.2 Å². The van der Waals surface area contributed by atoms with Gasteiger partial charge in [-0.3, -0.25) is 4.79 Å². The van der Waals surface area contributed by atoms with E-state index in [1.807, 2.05) is 14.1 Å². The summed E-state index contributed by atoms with van der Waals surface area (Å²) in [7, 11) is 4.02. The van der Waals surface area contributed by atoms with Gasteiger partial charge in [0.1, 0.15) is 11.1 Å². The second-order valence-corrected chi connectivity index (χ2v) is 5.50. The number of alkyl halides is 1. The molecular weight excluding hydrogens is 240 g/mol. The largest absolute Gasteiger partial charge is 0.369 e. The molecule has 5 heteroatoms. The van der Waals surface area contributed by atoms with E-state index in [2.05, 4.69) is 16.8 Å². The van der Waals surface area contributed by atoms with Crippen LogP contribution in [-0.2, 0) is 9.53 Å². The number of hydrogen-bond acceptors (Lipinski definition) is 3. The number of ether oxygens (including phenoxy) is 1. The van der Waals surface area contributed by atoms with Crippen molar-refractivity contribution in [2.45, 2.75) is 30.9 Å². The molecule has 0 saturated carbocycles. The zero-order valence-corrected chi connectivity index (χ0v) is 11.5. The summed E-state index contributed by atoms with van der Waals surface area (Å²) >= 11 is 6.44.